The average molecular weight is 614 g/mol. The lowest BCUT2D eigenvalue weighted by molar-refractivity contribution is 1.13. The standard InChI is InChI=1S/C42H24BN3S/c1-2-12-25(13-3-1)44-31-17-7-4-14-26(31)28-24-30-41-38(40(28)44)27-15-5-8-18-32(27)45(41)35-22-23-37-42-39(35)43(30)29-16-6-9-19-33(29)46(42)34-20-10-11-21-36(34)47-37/h1-24H. The maximum atomic E-state index is 2.58. The Morgan fingerprint density at radius 1 is 0.468 bits per heavy atom. The van der Waals surface area contributed by atoms with Crippen molar-refractivity contribution in [2.75, 3.05) is 4.90 Å². The van der Waals surface area contributed by atoms with Gasteiger partial charge < -0.3 is 14.0 Å². The Kier molecular flexibility index (Phi) is 4.48. The summed E-state index contributed by atoms with van der Waals surface area (Å²) in [7, 11) is 0. The minimum absolute atomic E-state index is 0.112. The molecule has 7 aromatic carbocycles. The Morgan fingerprint density at radius 2 is 1.17 bits per heavy atom. The lowest BCUT2D eigenvalue weighted by atomic mass is 9.33. The van der Waals surface area contributed by atoms with Crippen LogP contribution in [0.25, 0.3) is 55.0 Å². The maximum Gasteiger partial charge on any atom is 0.252 e. The molecule has 5 heteroatoms. The van der Waals surface area contributed by atoms with Gasteiger partial charge in [0.15, 0.2) is 0 Å². The van der Waals surface area contributed by atoms with Gasteiger partial charge >= 0.3 is 0 Å². The highest BCUT2D eigenvalue weighted by Gasteiger charge is 2.45. The number of para-hydroxylation sites is 5. The van der Waals surface area contributed by atoms with Gasteiger partial charge in [-0.25, -0.2) is 0 Å². The van der Waals surface area contributed by atoms with Gasteiger partial charge in [0, 0.05) is 48.4 Å². The summed E-state index contributed by atoms with van der Waals surface area (Å²) in [5.41, 5.74) is 15.6. The van der Waals surface area contributed by atoms with E-state index in [1.54, 1.807) is 0 Å². The summed E-state index contributed by atoms with van der Waals surface area (Å²) < 4.78 is 5.07. The summed E-state index contributed by atoms with van der Waals surface area (Å²) in [6, 6.07) is 54.1. The Hall–Kier alpha value is -5.65. The molecule has 5 heterocycles. The first-order valence-electron chi connectivity index (χ1n) is 16.2. The highest BCUT2D eigenvalue weighted by Crippen LogP contribution is 2.53. The normalized spacial score (nSPS) is 13.8. The number of hydrogen-bond acceptors (Lipinski definition) is 2. The third kappa shape index (κ3) is 2.89. The molecule has 9 aromatic rings. The third-order valence-electron chi connectivity index (χ3n) is 10.6. The van der Waals surface area contributed by atoms with Crippen LogP contribution in [0, 0.1) is 0 Å². The summed E-state index contributed by atoms with van der Waals surface area (Å²) >= 11 is 1.90. The molecular weight excluding hydrogens is 589 g/mol. The van der Waals surface area contributed by atoms with Crippen molar-refractivity contribution >= 4 is 95.5 Å². The van der Waals surface area contributed by atoms with E-state index >= 15 is 0 Å². The lowest BCUT2D eigenvalue weighted by Crippen LogP contribution is -2.60. The lowest BCUT2D eigenvalue weighted by Gasteiger charge is -2.43. The number of aromatic nitrogens is 2. The smallest absolute Gasteiger partial charge is 0.252 e. The van der Waals surface area contributed by atoms with Crippen LogP contribution < -0.4 is 21.3 Å². The van der Waals surface area contributed by atoms with Gasteiger partial charge in [-0.3, -0.25) is 0 Å². The largest absolute Gasteiger partial charge is 0.310 e. The van der Waals surface area contributed by atoms with Crippen LogP contribution >= 0.6 is 11.8 Å². The number of rotatable bonds is 1. The van der Waals surface area contributed by atoms with E-state index < -0.39 is 0 Å². The van der Waals surface area contributed by atoms with Crippen molar-refractivity contribution in [3.8, 4) is 11.4 Å². The Morgan fingerprint density at radius 3 is 2.04 bits per heavy atom. The second-order valence-corrected chi connectivity index (χ2v) is 14.0. The fourth-order valence-electron chi connectivity index (χ4n) is 8.95. The van der Waals surface area contributed by atoms with Crippen molar-refractivity contribution in [1.82, 2.24) is 9.13 Å². The minimum Gasteiger partial charge on any atom is -0.310 e. The molecule has 0 saturated heterocycles. The second-order valence-electron chi connectivity index (χ2n) is 12.9. The molecule has 0 aliphatic carbocycles. The predicted molar refractivity (Wildman–Crippen MR) is 199 cm³/mol. The number of fused-ring (bicyclic) bond motifs is 14. The van der Waals surface area contributed by atoms with E-state index in [9.17, 15) is 0 Å². The minimum atomic E-state index is 0.112. The summed E-state index contributed by atoms with van der Waals surface area (Å²) in [6.45, 7) is 0.112. The number of benzene rings is 7. The van der Waals surface area contributed by atoms with E-state index in [4.69, 9.17) is 0 Å². The van der Waals surface area contributed by atoms with Gasteiger partial charge in [0.2, 0.25) is 0 Å². The topological polar surface area (TPSA) is 13.1 Å². The van der Waals surface area contributed by atoms with Gasteiger partial charge in [-0.1, -0.05) is 103 Å². The van der Waals surface area contributed by atoms with Crippen molar-refractivity contribution in [1.29, 1.82) is 0 Å². The van der Waals surface area contributed by atoms with Gasteiger partial charge in [-0.05, 0) is 71.0 Å². The first kappa shape index (κ1) is 24.6. The molecule has 0 radical (unpaired) electrons. The Bertz CT molecular complexity index is 2850. The van der Waals surface area contributed by atoms with E-state index in [0.717, 1.165) is 0 Å². The molecular formula is C42H24BN3S. The molecule has 0 saturated carbocycles. The predicted octanol–water partition coefficient (Wildman–Crippen LogP) is 8.96. The highest BCUT2D eigenvalue weighted by molar-refractivity contribution is 7.99. The SMILES string of the molecule is c1ccc(-n2c3ccccc3c3cc4c5c(c6ccccc6n5-c5ccc6c7c5B4c4ccccc4N7c4ccccc4S6)c32)cc1. The van der Waals surface area contributed by atoms with Crippen LogP contribution in [0.2, 0.25) is 0 Å². The van der Waals surface area contributed by atoms with E-state index in [-0.39, 0.29) is 6.71 Å². The van der Waals surface area contributed by atoms with E-state index in [0.29, 0.717) is 0 Å². The van der Waals surface area contributed by atoms with E-state index in [1.807, 2.05) is 11.8 Å². The van der Waals surface area contributed by atoms with Crippen LogP contribution in [0.4, 0.5) is 17.1 Å². The number of nitrogens with zero attached hydrogens (tertiary/aromatic N) is 3. The molecule has 0 fully saturated rings. The van der Waals surface area contributed by atoms with Crippen LogP contribution in [0.5, 0.6) is 0 Å². The third-order valence-corrected chi connectivity index (χ3v) is 11.8. The first-order valence-corrected chi connectivity index (χ1v) is 17.1. The number of hydrogen-bond donors (Lipinski definition) is 0. The molecule has 0 amide bonds. The molecule has 0 atom stereocenters. The average Bonchev–Trinajstić information content (AvgIpc) is 3.65. The fourth-order valence-corrected chi connectivity index (χ4v) is 10.0. The molecule has 3 aliphatic heterocycles. The molecule has 0 bridgehead atoms. The summed E-state index contributed by atoms with van der Waals surface area (Å²) in [5, 5.41) is 5.22. The summed E-state index contributed by atoms with van der Waals surface area (Å²) in [5.74, 6) is 0. The van der Waals surface area contributed by atoms with Crippen LogP contribution in [-0.2, 0) is 0 Å². The van der Waals surface area contributed by atoms with Gasteiger partial charge in [0.1, 0.15) is 0 Å². The van der Waals surface area contributed by atoms with Gasteiger partial charge in [0.05, 0.1) is 33.4 Å². The van der Waals surface area contributed by atoms with Crippen molar-refractivity contribution < 1.29 is 0 Å². The number of anilines is 3. The van der Waals surface area contributed by atoms with Gasteiger partial charge in [-0.2, -0.15) is 0 Å². The molecule has 0 N–H and O–H groups in total. The van der Waals surface area contributed by atoms with Crippen molar-refractivity contribution in [3.05, 3.63) is 146 Å². The highest BCUT2D eigenvalue weighted by atomic mass is 32.2. The molecule has 0 spiro atoms. The van der Waals surface area contributed by atoms with Gasteiger partial charge in [-0.15, -0.1) is 0 Å². The van der Waals surface area contributed by atoms with Crippen molar-refractivity contribution in [2.24, 2.45) is 0 Å². The maximum absolute atomic E-state index is 2.58. The molecule has 47 heavy (non-hydrogen) atoms. The zero-order valence-electron chi connectivity index (χ0n) is 25.2. The Labute approximate surface area is 275 Å². The fraction of sp³-hybridized carbons (Fsp3) is 0. The molecule has 3 nitrogen and oxygen atoms in total. The zero-order valence-corrected chi connectivity index (χ0v) is 26.0. The van der Waals surface area contributed by atoms with E-state index in [1.165, 1.54) is 98.2 Å². The van der Waals surface area contributed by atoms with Crippen molar-refractivity contribution in [2.45, 2.75) is 9.79 Å². The molecule has 3 aliphatic rings. The summed E-state index contributed by atoms with van der Waals surface area (Å²) in [6.07, 6.45) is 0. The second kappa shape index (κ2) is 8.58. The zero-order chi connectivity index (χ0) is 30.4. The monoisotopic (exact) mass is 613 g/mol. The Balaban J connectivity index is 1.33. The van der Waals surface area contributed by atoms with Crippen LogP contribution in [0.1, 0.15) is 0 Å². The van der Waals surface area contributed by atoms with Crippen LogP contribution in [0.3, 0.4) is 0 Å². The van der Waals surface area contributed by atoms with Gasteiger partial charge in [0.25, 0.3) is 6.71 Å². The van der Waals surface area contributed by atoms with Crippen LogP contribution in [-0.4, -0.2) is 15.8 Å². The molecule has 2 aromatic heterocycles. The van der Waals surface area contributed by atoms with Crippen LogP contribution in [0.15, 0.2) is 155 Å². The summed E-state index contributed by atoms with van der Waals surface area (Å²) in [4.78, 5) is 5.16. The van der Waals surface area contributed by atoms with E-state index in [2.05, 4.69) is 160 Å². The molecule has 12 rings (SSSR count). The first-order chi connectivity index (χ1) is 23.4. The quantitative estimate of drug-likeness (QED) is 0.172. The molecule has 0 unspecified atom stereocenters. The molecule has 216 valence electrons. The van der Waals surface area contributed by atoms with Crippen molar-refractivity contribution in [3.63, 3.8) is 0 Å².